The summed E-state index contributed by atoms with van der Waals surface area (Å²) >= 11 is 12.3. The van der Waals surface area contributed by atoms with Crippen molar-refractivity contribution in [3.63, 3.8) is 0 Å². The number of rotatable bonds is 4. The number of benzene rings is 2. The second-order valence-corrected chi connectivity index (χ2v) is 5.45. The lowest BCUT2D eigenvalue weighted by Gasteiger charge is -2.14. The molecule has 104 valence electrons. The van der Waals surface area contributed by atoms with Crippen molar-refractivity contribution in [2.24, 2.45) is 0 Å². The van der Waals surface area contributed by atoms with Gasteiger partial charge in [-0.25, -0.2) is 0 Å². The van der Waals surface area contributed by atoms with Gasteiger partial charge in [-0.15, -0.1) is 0 Å². The molecule has 2 nitrogen and oxygen atoms in total. The van der Waals surface area contributed by atoms with Crippen LogP contribution in [0.2, 0.25) is 10.0 Å². The topological polar surface area (TPSA) is 37.3 Å². The van der Waals surface area contributed by atoms with Gasteiger partial charge in [0, 0.05) is 16.5 Å². The predicted molar refractivity (Wildman–Crippen MR) is 81.8 cm³/mol. The Bertz CT molecular complexity index is 618. The molecule has 2 aromatic carbocycles. The minimum atomic E-state index is -0.845. The maximum absolute atomic E-state index is 11.2. The molecule has 0 spiro atoms. The lowest BCUT2D eigenvalue weighted by atomic mass is 9.92. The summed E-state index contributed by atoms with van der Waals surface area (Å²) < 4.78 is 0. The SMILES string of the molecule is CC(C(=O)O)c1ccccc1Cc1c(Cl)cccc1Cl. The summed E-state index contributed by atoms with van der Waals surface area (Å²) in [6.07, 6.45) is 0.520. The number of carboxylic acid groups (broad SMARTS) is 1. The minimum absolute atomic E-state index is 0.520. The summed E-state index contributed by atoms with van der Waals surface area (Å²) in [7, 11) is 0. The van der Waals surface area contributed by atoms with Crippen LogP contribution in [0.25, 0.3) is 0 Å². The molecule has 4 heteroatoms. The lowest BCUT2D eigenvalue weighted by molar-refractivity contribution is -0.138. The van der Waals surface area contributed by atoms with Crippen LogP contribution in [0.3, 0.4) is 0 Å². The van der Waals surface area contributed by atoms with Gasteiger partial charge in [-0.2, -0.15) is 0 Å². The molecule has 0 bridgehead atoms. The zero-order valence-corrected chi connectivity index (χ0v) is 12.4. The van der Waals surface area contributed by atoms with E-state index in [1.807, 2.05) is 24.3 Å². The first-order chi connectivity index (χ1) is 9.50. The van der Waals surface area contributed by atoms with Gasteiger partial charge < -0.3 is 5.11 Å². The molecule has 0 aliphatic heterocycles. The van der Waals surface area contributed by atoms with Crippen molar-refractivity contribution < 1.29 is 9.90 Å². The number of hydrogen-bond acceptors (Lipinski definition) is 1. The summed E-state index contributed by atoms with van der Waals surface area (Å²) in [6.45, 7) is 1.68. The van der Waals surface area contributed by atoms with Gasteiger partial charge in [0.15, 0.2) is 0 Å². The Morgan fingerprint density at radius 2 is 1.70 bits per heavy atom. The fraction of sp³-hybridized carbons (Fsp3) is 0.188. The van der Waals surface area contributed by atoms with Crippen LogP contribution in [0.15, 0.2) is 42.5 Å². The molecule has 0 heterocycles. The van der Waals surface area contributed by atoms with E-state index >= 15 is 0 Å². The molecule has 0 saturated heterocycles. The lowest BCUT2D eigenvalue weighted by Crippen LogP contribution is -2.10. The molecule has 1 N–H and O–H groups in total. The van der Waals surface area contributed by atoms with E-state index in [1.165, 1.54) is 0 Å². The average molecular weight is 309 g/mol. The molecule has 0 radical (unpaired) electrons. The number of halogens is 2. The monoisotopic (exact) mass is 308 g/mol. The van der Waals surface area contributed by atoms with Gasteiger partial charge in [-0.3, -0.25) is 4.79 Å². The van der Waals surface area contributed by atoms with E-state index in [0.29, 0.717) is 16.5 Å². The van der Waals surface area contributed by atoms with E-state index in [1.54, 1.807) is 25.1 Å². The van der Waals surface area contributed by atoms with Crippen molar-refractivity contribution in [3.05, 3.63) is 69.2 Å². The Hall–Kier alpha value is -1.51. The largest absolute Gasteiger partial charge is 0.481 e. The summed E-state index contributed by atoms with van der Waals surface area (Å²) in [4.78, 5) is 11.2. The van der Waals surface area contributed by atoms with Crippen LogP contribution in [0, 0.1) is 0 Å². The maximum Gasteiger partial charge on any atom is 0.310 e. The quantitative estimate of drug-likeness (QED) is 0.883. The zero-order valence-electron chi connectivity index (χ0n) is 10.9. The van der Waals surface area contributed by atoms with Crippen molar-refractivity contribution >= 4 is 29.2 Å². The highest BCUT2D eigenvalue weighted by atomic mass is 35.5. The first kappa shape index (κ1) is 14.9. The highest BCUT2D eigenvalue weighted by molar-refractivity contribution is 6.36. The third-order valence-corrected chi connectivity index (χ3v) is 4.03. The van der Waals surface area contributed by atoms with Gasteiger partial charge in [-0.1, -0.05) is 53.5 Å². The molecule has 0 fully saturated rings. The highest BCUT2D eigenvalue weighted by Gasteiger charge is 2.18. The smallest absolute Gasteiger partial charge is 0.310 e. The Kier molecular flexibility index (Phi) is 4.69. The predicted octanol–water partition coefficient (Wildman–Crippen LogP) is 4.77. The van der Waals surface area contributed by atoms with Gasteiger partial charge in [0.05, 0.1) is 5.92 Å². The van der Waals surface area contributed by atoms with E-state index in [4.69, 9.17) is 23.2 Å². The molecular weight excluding hydrogens is 295 g/mol. The van der Waals surface area contributed by atoms with Gasteiger partial charge >= 0.3 is 5.97 Å². The molecule has 0 aliphatic carbocycles. The molecule has 0 saturated carbocycles. The number of carboxylic acids is 1. The zero-order chi connectivity index (χ0) is 14.7. The molecule has 2 rings (SSSR count). The fourth-order valence-corrected chi connectivity index (χ4v) is 2.67. The summed E-state index contributed by atoms with van der Waals surface area (Å²) in [6, 6.07) is 12.8. The summed E-state index contributed by atoms with van der Waals surface area (Å²) in [5.74, 6) is -1.41. The first-order valence-electron chi connectivity index (χ1n) is 6.24. The second kappa shape index (κ2) is 6.29. The Morgan fingerprint density at radius 3 is 2.30 bits per heavy atom. The van der Waals surface area contributed by atoms with Crippen LogP contribution in [0.4, 0.5) is 0 Å². The van der Waals surface area contributed by atoms with E-state index < -0.39 is 11.9 Å². The van der Waals surface area contributed by atoms with E-state index in [9.17, 15) is 9.90 Å². The molecule has 1 unspecified atom stereocenters. The molecule has 20 heavy (non-hydrogen) atoms. The third kappa shape index (κ3) is 3.14. The van der Waals surface area contributed by atoms with Crippen LogP contribution in [0.1, 0.15) is 29.5 Å². The minimum Gasteiger partial charge on any atom is -0.481 e. The summed E-state index contributed by atoms with van der Waals surface area (Å²) in [5.41, 5.74) is 2.54. The highest BCUT2D eigenvalue weighted by Crippen LogP contribution is 2.29. The third-order valence-electron chi connectivity index (χ3n) is 3.32. The van der Waals surface area contributed by atoms with E-state index in [0.717, 1.165) is 16.7 Å². The Morgan fingerprint density at radius 1 is 1.10 bits per heavy atom. The molecule has 0 aromatic heterocycles. The van der Waals surface area contributed by atoms with Crippen molar-refractivity contribution in [1.29, 1.82) is 0 Å². The summed E-state index contributed by atoms with van der Waals surface area (Å²) in [5, 5.41) is 10.4. The first-order valence-corrected chi connectivity index (χ1v) is 6.99. The van der Waals surface area contributed by atoms with Gasteiger partial charge in [0.2, 0.25) is 0 Å². The van der Waals surface area contributed by atoms with Crippen LogP contribution in [-0.4, -0.2) is 11.1 Å². The second-order valence-electron chi connectivity index (χ2n) is 4.64. The van der Waals surface area contributed by atoms with Crippen LogP contribution >= 0.6 is 23.2 Å². The maximum atomic E-state index is 11.2. The Labute approximate surface area is 128 Å². The number of carbonyl (C=O) groups is 1. The van der Waals surface area contributed by atoms with Crippen molar-refractivity contribution in [3.8, 4) is 0 Å². The van der Waals surface area contributed by atoms with Crippen molar-refractivity contribution in [1.82, 2.24) is 0 Å². The number of aliphatic carboxylic acids is 1. The normalized spacial score (nSPS) is 12.2. The molecule has 1 atom stereocenters. The van der Waals surface area contributed by atoms with Crippen LogP contribution < -0.4 is 0 Å². The fourth-order valence-electron chi connectivity index (χ4n) is 2.14. The van der Waals surface area contributed by atoms with Crippen LogP contribution in [-0.2, 0) is 11.2 Å². The van der Waals surface area contributed by atoms with Crippen molar-refractivity contribution in [2.45, 2.75) is 19.3 Å². The molecular formula is C16H14Cl2O2. The van der Waals surface area contributed by atoms with Gasteiger partial charge in [-0.05, 0) is 35.7 Å². The number of hydrogen-bond donors (Lipinski definition) is 1. The molecule has 2 aromatic rings. The average Bonchev–Trinajstić information content (AvgIpc) is 2.42. The standard InChI is InChI=1S/C16H14Cl2O2/c1-10(16(19)20)12-6-3-2-5-11(12)9-13-14(17)7-4-8-15(13)18/h2-8,10H,9H2,1H3,(H,19,20). The van der Waals surface area contributed by atoms with E-state index in [2.05, 4.69) is 0 Å². The molecule has 0 amide bonds. The van der Waals surface area contributed by atoms with Gasteiger partial charge in [0.1, 0.15) is 0 Å². The van der Waals surface area contributed by atoms with Crippen molar-refractivity contribution in [2.75, 3.05) is 0 Å². The molecule has 0 aliphatic rings. The Balaban J connectivity index is 2.42. The van der Waals surface area contributed by atoms with Gasteiger partial charge in [0.25, 0.3) is 0 Å². The van der Waals surface area contributed by atoms with Crippen LogP contribution in [0.5, 0.6) is 0 Å². The van der Waals surface area contributed by atoms with E-state index in [-0.39, 0.29) is 0 Å².